The van der Waals surface area contributed by atoms with E-state index >= 15 is 0 Å². The minimum atomic E-state index is -3.24. The molecule has 0 aliphatic carbocycles. The lowest BCUT2D eigenvalue weighted by molar-refractivity contribution is 0.175. The predicted molar refractivity (Wildman–Crippen MR) is 123 cm³/mol. The summed E-state index contributed by atoms with van der Waals surface area (Å²) in [5.41, 5.74) is 2.09. The van der Waals surface area contributed by atoms with E-state index < -0.39 is 9.84 Å². The molecule has 1 fully saturated rings. The van der Waals surface area contributed by atoms with Crippen molar-refractivity contribution in [1.82, 2.24) is 30.0 Å². The Morgan fingerprint density at radius 2 is 1.84 bits per heavy atom. The fraction of sp³-hybridized carbons (Fsp3) is 0.435. The SMILES string of the molecule is CCN(Cc1nnnn1-c1ccc(S(C)(=O)=O)cc1)C1CCN(C(C)c2ccccc2)C1. The monoisotopic (exact) mass is 454 g/mol. The molecular formula is C23H30N6O2S. The molecule has 0 radical (unpaired) electrons. The highest BCUT2D eigenvalue weighted by Gasteiger charge is 2.31. The first kappa shape index (κ1) is 22.6. The summed E-state index contributed by atoms with van der Waals surface area (Å²) in [4.78, 5) is 5.24. The molecule has 1 aliphatic rings. The molecule has 0 spiro atoms. The number of likely N-dealkylation sites (N-methyl/N-ethyl adjacent to an activating group) is 1. The Labute approximate surface area is 189 Å². The van der Waals surface area contributed by atoms with Crippen LogP contribution in [0, 0.1) is 0 Å². The summed E-state index contributed by atoms with van der Waals surface area (Å²) in [6, 6.07) is 18.1. The average Bonchev–Trinajstić information content (AvgIpc) is 3.47. The zero-order valence-electron chi connectivity index (χ0n) is 18.8. The third-order valence-corrected chi connectivity index (χ3v) is 7.46. The van der Waals surface area contributed by atoms with Crippen molar-refractivity contribution in [1.29, 1.82) is 0 Å². The number of aromatic nitrogens is 4. The first-order chi connectivity index (χ1) is 15.4. The molecule has 170 valence electrons. The van der Waals surface area contributed by atoms with Gasteiger partial charge in [0.25, 0.3) is 0 Å². The zero-order chi connectivity index (χ0) is 22.7. The number of hydrogen-bond acceptors (Lipinski definition) is 7. The number of likely N-dealkylation sites (tertiary alicyclic amines) is 1. The minimum Gasteiger partial charge on any atom is -0.295 e. The van der Waals surface area contributed by atoms with E-state index in [-0.39, 0.29) is 4.90 Å². The number of rotatable bonds is 8. The highest BCUT2D eigenvalue weighted by molar-refractivity contribution is 7.90. The fourth-order valence-corrected chi connectivity index (χ4v) is 5.01. The van der Waals surface area contributed by atoms with Crippen molar-refractivity contribution < 1.29 is 8.42 Å². The van der Waals surface area contributed by atoms with Gasteiger partial charge in [-0.15, -0.1) is 5.10 Å². The molecule has 4 rings (SSSR count). The van der Waals surface area contributed by atoms with E-state index in [0.29, 0.717) is 18.6 Å². The average molecular weight is 455 g/mol. The Morgan fingerprint density at radius 1 is 1.12 bits per heavy atom. The number of benzene rings is 2. The van der Waals surface area contributed by atoms with Crippen LogP contribution >= 0.6 is 0 Å². The third-order valence-electron chi connectivity index (χ3n) is 6.34. The molecule has 0 amide bonds. The molecule has 3 aromatic rings. The lowest BCUT2D eigenvalue weighted by atomic mass is 10.1. The largest absolute Gasteiger partial charge is 0.295 e. The van der Waals surface area contributed by atoms with Crippen molar-refractivity contribution in [3.63, 3.8) is 0 Å². The van der Waals surface area contributed by atoms with E-state index in [1.807, 2.05) is 0 Å². The lowest BCUT2D eigenvalue weighted by Crippen LogP contribution is -2.38. The first-order valence-corrected chi connectivity index (χ1v) is 12.9. The molecule has 9 heteroatoms. The van der Waals surface area contributed by atoms with Crippen molar-refractivity contribution in [3.05, 3.63) is 66.0 Å². The van der Waals surface area contributed by atoms with Crippen molar-refractivity contribution in [2.24, 2.45) is 0 Å². The van der Waals surface area contributed by atoms with Gasteiger partial charge in [-0.25, -0.2) is 8.42 Å². The molecule has 2 aromatic carbocycles. The van der Waals surface area contributed by atoms with Crippen LogP contribution in [0.2, 0.25) is 0 Å². The van der Waals surface area contributed by atoms with Crippen LogP contribution in [-0.4, -0.2) is 70.4 Å². The van der Waals surface area contributed by atoms with Gasteiger partial charge in [-0.1, -0.05) is 37.3 Å². The van der Waals surface area contributed by atoms with Crippen LogP contribution in [0.3, 0.4) is 0 Å². The molecule has 2 unspecified atom stereocenters. The maximum absolute atomic E-state index is 11.7. The van der Waals surface area contributed by atoms with Crippen molar-refractivity contribution in [3.8, 4) is 5.69 Å². The van der Waals surface area contributed by atoms with Crippen molar-refractivity contribution in [2.75, 3.05) is 25.9 Å². The van der Waals surface area contributed by atoms with E-state index in [4.69, 9.17) is 0 Å². The van der Waals surface area contributed by atoms with E-state index in [0.717, 1.165) is 37.6 Å². The second kappa shape index (κ2) is 9.48. The number of nitrogens with zero attached hydrogens (tertiary/aromatic N) is 6. The molecule has 2 atom stereocenters. The topological polar surface area (TPSA) is 84.2 Å². The summed E-state index contributed by atoms with van der Waals surface area (Å²) >= 11 is 0. The van der Waals surface area contributed by atoms with Crippen LogP contribution in [0.1, 0.15) is 37.7 Å². The van der Waals surface area contributed by atoms with Crippen LogP contribution in [-0.2, 0) is 16.4 Å². The summed E-state index contributed by atoms with van der Waals surface area (Å²) in [5.74, 6) is 0.744. The minimum absolute atomic E-state index is 0.282. The quantitative estimate of drug-likeness (QED) is 0.517. The van der Waals surface area contributed by atoms with Gasteiger partial charge >= 0.3 is 0 Å². The van der Waals surface area contributed by atoms with E-state index in [1.54, 1.807) is 28.9 Å². The van der Waals surface area contributed by atoms with Crippen LogP contribution < -0.4 is 0 Å². The molecule has 1 aliphatic heterocycles. The highest BCUT2D eigenvalue weighted by atomic mass is 32.2. The number of hydrogen-bond donors (Lipinski definition) is 0. The molecule has 1 saturated heterocycles. The van der Waals surface area contributed by atoms with Crippen molar-refractivity contribution >= 4 is 9.84 Å². The van der Waals surface area contributed by atoms with Crippen molar-refractivity contribution in [2.45, 2.75) is 43.8 Å². The molecule has 0 saturated carbocycles. The molecular weight excluding hydrogens is 424 g/mol. The standard InChI is InChI=1S/C23H30N6O2S/c1-4-27(21-14-15-28(16-21)18(2)19-8-6-5-7-9-19)17-23-24-25-26-29(23)20-10-12-22(13-11-20)32(3,30)31/h5-13,18,21H,4,14-17H2,1-3H3. The molecule has 0 N–H and O–H groups in total. The maximum Gasteiger partial charge on any atom is 0.175 e. The molecule has 32 heavy (non-hydrogen) atoms. The molecule has 8 nitrogen and oxygen atoms in total. The van der Waals surface area contributed by atoms with E-state index in [1.165, 1.54) is 11.8 Å². The van der Waals surface area contributed by atoms with Gasteiger partial charge in [-0.3, -0.25) is 9.80 Å². The fourth-order valence-electron chi connectivity index (χ4n) is 4.38. The van der Waals surface area contributed by atoms with Gasteiger partial charge in [0, 0.05) is 31.4 Å². The van der Waals surface area contributed by atoms with E-state index in [2.05, 4.69) is 69.5 Å². The smallest absolute Gasteiger partial charge is 0.175 e. The second-order valence-electron chi connectivity index (χ2n) is 8.36. The van der Waals surface area contributed by atoms with Gasteiger partial charge in [0.05, 0.1) is 17.1 Å². The molecule has 0 bridgehead atoms. The first-order valence-electron chi connectivity index (χ1n) is 11.0. The highest BCUT2D eigenvalue weighted by Crippen LogP contribution is 2.27. The molecule has 1 aromatic heterocycles. The van der Waals surface area contributed by atoms with E-state index in [9.17, 15) is 8.42 Å². The second-order valence-corrected chi connectivity index (χ2v) is 10.4. The van der Waals surface area contributed by atoms with Gasteiger partial charge in [0.15, 0.2) is 15.7 Å². The Hall–Kier alpha value is -2.62. The summed E-state index contributed by atoms with van der Waals surface area (Å²) in [5, 5.41) is 12.3. The van der Waals surface area contributed by atoms with Crippen LogP contribution in [0.15, 0.2) is 59.5 Å². The third kappa shape index (κ3) is 4.90. The molecule has 2 heterocycles. The maximum atomic E-state index is 11.7. The summed E-state index contributed by atoms with van der Waals surface area (Å²) in [6.07, 6.45) is 2.31. The van der Waals surface area contributed by atoms with Gasteiger partial charge in [-0.05, 0) is 60.1 Å². The van der Waals surface area contributed by atoms with Gasteiger partial charge in [0.2, 0.25) is 0 Å². The summed E-state index contributed by atoms with van der Waals surface area (Å²) in [7, 11) is -3.24. The van der Waals surface area contributed by atoms with Gasteiger partial charge in [-0.2, -0.15) is 4.68 Å². The number of sulfone groups is 1. The van der Waals surface area contributed by atoms with Crippen LogP contribution in [0.25, 0.3) is 5.69 Å². The predicted octanol–water partition coefficient (Wildman–Crippen LogP) is 2.72. The Bertz CT molecular complexity index is 1130. The Morgan fingerprint density at radius 3 is 2.50 bits per heavy atom. The van der Waals surface area contributed by atoms with Crippen LogP contribution in [0.4, 0.5) is 0 Å². The normalized spacial score (nSPS) is 18.3. The zero-order valence-corrected chi connectivity index (χ0v) is 19.6. The van der Waals surface area contributed by atoms with Crippen LogP contribution in [0.5, 0.6) is 0 Å². The summed E-state index contributed by atoms with van der Waals surface area (Å²) in [6.45, 7) is 8.05. The van der Waals surface area contributed by atoms with Gasteiger partial charge < -0.3 is 0 Å². The Balaban J connectivity index is 1.46. The number of tetrazole rings is 1. The Kier molecular flexibility index (Phi) is 6.68. The lowest BCUT2D eigenvalue weighted by Gasteiger charge is -2.29. The van der Waals surface area contributed by atoms with Gasteiger partial charge in [0.1, 0.15) is 0 Å². The summed E-state index contributed by atoms with van der Waals surface area (Å²) < 4.78 is 25.2.